The van der Waals surface area contributed by atoms with Gasteiger partial charge in [0.05, 0.1) is 0 Å². The number of hydrogen-bond acceptors (Lipinski definition) is 0. The maximum atomic E-state index is 3.73. The van der Waals surface area contributed by atoms with Gasteiger partial charge in [-0.05, 0) is 16.7 Å². The second-order valence-corrected chi connectivity index (χ2v) is 7.28. The van der Waals surface area contributed by atoms with E-state index in [4.69, 9.17) is 0 Å². The summed E-state index contributed by atoms with van der Waals surface area (Å²) >= 11 is 0. The Bertz CT molecular complexity index is 1020. The molecule has 158 valence electrons. The third-order valence-electron chi connectivity index (χ3n) is 5.83. The molecule has 0 aromatic heterocycles. The van der Waals surface area contributed by atoms with Gasteiger partial charge >= 0.3 is 21.7 Å². The van der Waals surface area contributed by atoms with E-state index < -0.39 is 0 Å². The minimum atomic E-state index is -0.340. The molecule has 0 amide bonds. The summed E-state index contributed by atoms with van der Waals surface area (Å²) in [6.45, 7) is 0. The molecule has 4 aromatic rings. The standard InChI is InChI=1S/C28H21.3ClH.Ti/c1-4-13-23(14-5-1)28(24-15-6-2-7-16-24,25-17-8-3-9-18-25)27-21-20-22-12-10-11-19-26(22)27;;;;/h1-20,27H;3*1H;/q-1;;;;+4/p-3. The first-order valence-corrected chi connectivity index (χ1v) is 9.75. The maximum absolute atomic E-state index is 3.73. The van der Waals surface area contributed by atoms with Crippen LogP contribution in [0.5, 0.6) is 0 Å². The van der Waals surface area contributed by atoms with Gasteiger partial charge in [-0.1, -0.05) is 115 Å². The number of allylic oxidation sites excluding steroid dienone is 1. The van der Waals surface area contributed by atoms with Crippen molar-refractivity contribution in [2.24, 2.45) is 0 Å². The van der Waals surface area contributed by atoms with Gasteiger partial charge in [0.2, 0.25) is 0 Å². The Morgan fingerprint density at radius 3 is 1.31 bits per heavy atom. The Kier molecular flexibility index (Phi) is 11.0. The quantitative estimate of drug-likeness (QED) is 0.164. The van der Waals surface area contributed by atoms with Crippen molar-refractivity contribution < 1.29 is 58.9 Å². The van der Waals surface area contributed by atoms with Gasteiger partial charge in [0, 0.05) is 5.41 Å². The molecule has 1 aliphatic carbocycles. The van der Waals surface area contributed by atoms with Crippen LogP contribution in [-0.2, 0) is 27.1 Å². The predicted molar refractivity (Wildman–Crippen MR) is 116 cm³/mol. The molecule has 1 unspecified atom stereocenters. The second kappa shape index (κ2) is 12.4. The van der Waals surface area contributed by atoms with Crippen LogP contribution in [0.2, 0.25) is 0 Å². The smallest absolute Gasteiger partial charge is 1.00 e. The van der Waals surface area contributed by atoms with Crippen molar-refractivity contribution in [3.8, 4) is 0 Å². The van der Waals surface area contributed by atoms with Crippen LogP contribution in [0.15, 0.2) is 115 Å². The molecule has 1 aliphatic rings. The van der Waals surface area contributed by atoms with Crippen LogP contribution in [0.25, 0.3) is 6.08 Å². The molecular weight excluding hydrogens is 491 g/mol. The molecule has 0 fully saturated rings. The molecule has 4 aromatic carbocycles. The Balaban J connectivity index is 0.00000128. The Morgan fingerprint density at radius 1 is 0.500 bits per heavy atom. The molecule has 4 heteroatoms. The molecule has 0 N–H and O–H groups in total. The van der Waals surface area contributed by atoms with Gasteiger partial charge in [-0.2, -0.15) is 5.56 Å². The zero-order chi connectivity index (χ0) is 18.8. The van der Waals surface area contributed by atoms with E-state index in [1.165, 1.54) is 27.8 Å². The summed E-state index contributed by atoms with van der Waals surface area (Å²) in [5, 5.41) is 0. The van der Waals surface area contributed by atoms with Gasteiger partial charge in [-0.15, -0.1) is 11.6 Å². The predicted octanol–water partition coefficient (Wildman–Crippen LogP) is -2.36. The molecule has 0 bridgehead atoms. The molecule has 0 saturated carbocycles. The molecule has 5 rings (SSSR count). The van der Waals surface area contributed by atoms with Crippen LogP contribution in [0.4, 0.5) is 0 Å². The fourth-order valence-corrected chi connectivity index (χ4v) is 4.63. The van der Waals surface area contributed by atoms with Gasteiger partial charge in [0.25, 0.3) is 0 Å². The van der Waals surface area contributed by atoms with E-state index in [2.05, 4.69) is 127 Å². The van der Waals surface area contributed by atoms with Crippen LogP contribution in [0.1, 0.15) is 33.7 Å². The van der Waals surface area contributed by atoms with Gasteiger partial charge in [-0.25, -0.2) is 6.08 Å². The summed E-state index contributed by atoms with van der Waals surface area (Å²) in [6.07, 6.45) is 5.89. The third-order valence-corrected chi connectivity index (χ3v) is 5.83. The van der Waals surface area contributed by atoms with Gasteiger partial charge in [0.15, 0.2) is 0 Å². The van der Waals surface area contributed by atoms with E-state index in [1.54, 1.807) is 0 Å². The number of benzene rings is 4. The Hall–Kier alpha value is -1.80. The minimum absolute atomic E-state index is 0. The molecule has 0 radical (unpaired) electrons. The summed E-state index contributed by atoms with van der Waals surface area (Å²) in [5.41, 5.74) is 6.12. The van der Waals surface area contributed by atoms with Crippen molar-refractivity contribution in [1.29, 1.82) is 0 Å². The molecular formula is C28H21Cl3Ti. The van der Waals surface area contributed by atoms with E-state index in [-0.39, 0.29) is 70.3 Å². The third kappa shape index (κ3) is 4.76. The van der Waals surface area contributed by atoms with Crippen molar-refractivity contribution in [3.05, 3.63) is 149 Å². The molecule has 32 heavy (non-hydrogen) atoms. The summed E-state index contributed by atoms with van der Waals surface area (Å²) < 4.78 is 0. The van der Waals surface area contributed by atoms with Crippen LogP contribution in [0.3, 0.4) is 0 Å². The number of fused-ring (bicyclic) bond motifs is 1. The molecule has 0 nitrogen and oxygen atoms in total. The van der Waals surface area contributed by atoms with E-state index in [1.807, 2.05) is 0 Å². The van der Waals surface area contributed by atoms with Crippen molar-refractivity contribution in [2.45, 2.75) is 11.3 Å². The van der Waals surface area contributed by atoms with E-state index >= 15 is 0 Å². The first kappa shape index (κ1) is 28.2. The average Bonchev–Trinajstić information content (AvgIpc) is 3.21. The number of rotatable bonds is 4. The van der Waals surface area contributed by atoms with E-state index in [9.17, 15) is 0 Å². The molecule has 1 atom stereocenters. The topological polar surface area (TPSA) is 0 Å². The van der Waals surface area contributed by atoms with E-state index in [0.29, 0.717) is 0 Å². The number of hydrogen-bond donors (Lipinski definition) is 0. The largest absolute Gasteiger partial charge is 4.00 e. The van der Waals surface area contributed by atoms with Crippen molar-refractivity contribution in [2.75, 3.05) is 0 Å². The first-order chi connectivity index (χ1) is 13.9. The van der Waals surface area contributed by atoms with E-state index in [0.717, 1.165) is 0 Å². The Morgan fingerprint density at radius 2 is 0.875 bits per heavy atom. The first-order valence-electron chi connectivity index (χ1n) is 9.75. The molecule has 0 saturated heterocycles. The van der Waals surface area contributed by atoms with Gasteiger partial charge in [-0.3, -0.25) is 6.08 Å². The van der Waals surface area contributed by atoms with Crippen LogP contribution < -0.4 is 37.2 Å². The SMILES string of the molecule is [C-]1=Cc2ccccc2C1C(c1ccccc1)(c1ccccc1)c1ccccc1.[Cl-].[Cl-].[Cl-].[Ti+4]. The van der Waals surface area contributed by atoms with Crippen molar-refractivity contribution in [3.63, 3.8) is 0 Å². The van der Waals surface area contributed by atoms with Crippen LogP contribution in [-0.4, -0.2) is 0 Å². The summed E-state index contributed by atoms with van der Waals surface area (Å²) in [4.78, 5) is 0. The monoisotopic (exact) mass is 510 g/mol. The van der Waals surface area contributed by atoms with Crippen molar-refractivity contribution >= 4 is 6.08 Å². The number of halogens is 3. The van der Waals surface area contributed by atoms with Gasteiger partial charge < -0.3 is 37.2 Å². The van der Waals surface area contributed by atoms with Crippen LogP contribution in [0, 0.1) is 6.08 Å². The summed E-state index contributed by atoms with van der Waals surface area (Å²) in [6, 6.07) is 41.3. The molecule has 0 heterocycles. The maximum Gasteiger partial charge on any atom is 4.00 e. The minimum Gasteiger partial charge on any atom is -1.00 e. The normalized spacial score (nSPS) is 13.4. The zero-order valence-corrected chi connectivity index (χ0v) is 21.1. The summed E-state index contributed by atoms with van der Waals surface area (Å²) in [7, 11) is 0. The van der Waals surface area contributed by atoms with Gasteiger partial charge in [0.1, 0.15) is 0 Å². The average molecular weight is 512 g/mol. The zero-order valence-electron chi connectivity index (χ0n) is 17.3. The molecule has 0 spiro atoms. The second-order valence-electron chi connectivity index (χ2n) is 7.28. The summed E-state index contributed by atoms with van der Waals surface area (Å²) in [5.74, 6) is 0.107. The van der Waals surface area contributed by atoms with Crippen molar-refractivity contribution in [1.82, 2.24) is 0 Å². The Labute approximate surface area is 224 Å². The fourth-order valence-electron chi connectivity index (χ4n) is 4.63. The fraction of sp³-hybridized carbons (Fsp3) is 0.0714. The van der Waals surface area contributed by atoms with Crippen LogP contribution >= 0.6 is 0 Å². The molecule has 0 aliphatic heterocycles.